The highest BCUT2D eigenvalue weighted by Crippen LogP contribution is 2.42. The van der Waals surface area contributed by atoms with Gasteiger partial charge in [-0.05, 0) is 49.9 Å². The predicted octanol–water partition coefficient (Wildman–Crippen LogP) is 6.41. The number of nitrogens with zero attached hydrogens (tertiary/aromatic N) is 1. The molecule has 196 valence electrons. The third kappa shape index (κ3) is 7.23. The summed E-state index contributed by atoms with van der Waals surface area (Å²) in [5.74, 6) is 0.567. The Kier molecular flexibility index (Phi) is 9.93. The summed E-state index contributed by atoms with van der Waals surface area (Å²) in [6.07, 6.45) is 7.82. The maximum absolute atomic E-state index is 11.4. The topological polar surface area (TPSA) is 116 Å². The number of hydrogen-bond donors (Lipinski definition) is 4. The lowest BCUT2D eigenvalue weighted by atomic mass is 9.97. The van der Waals surface area contributed by atoms with Crippen LogP contribution in [0, 0.1) is 0 Å². The van der Waals surface area contributed by atoms with Crippen LogP contribution in [0.4, 0.5) is 0 Å². The highest BCUT2D eigenvalue weighted by molar-refractivity contribution is 7.27. The monoisotopic (exact) mass is 522 g/mol. The fraction of sp³-hybridized carbons (Fsp3) is 0.310. The van der Waals surface area contributed by atoms with Gasteiger partial charge in [0.1, 0.15) is 28.7 Å². The molecule has 3 aromatic rings. The summed E-state index contributed by atoms with van der Waals surface area (Å²) < 4.78 is 5.76. The molecule has 0 amide bonds. The minimum Gasteiger partial charge on any atom is -0.508 e. The molecule has 3 rings (SSSR count). The number of ketones is 1. The van der Waals surface area contributed by atoms with Crippen molar-refractivity contribution in [2.75, 3.05) is 0 Å². The first-order valence-corrected chi connectivity index (χ1v) is 13.1. The zero-order valence-electron chi connectivity index (χ0n) is 21.4. The molecule has 8 heteroatoms. The van der Waals surface area contributed by atoms with Gasteiger partial charge in [0.05, 0.1) is 16.8 Å². The molecule has 0 fully saturated rings. The molecule has 1 aromatic heterocycles. The summed E-state index contributed by atoms with van der Waals surface area (Å²) in [6.45, 7) is 7.95. The number of phenolic OH excluding ortho intramolecular Hbond substituents is 3. The molecule has 37 heavy (non-hydrogen) atoms. The van der Waals surface area contributed by atoms with Crippen LogP contribution in [0.3, 0.4) is 0 Å². The van der Waals surface area contributed by atoms with Crippen molar-refractivity contribution in [3.8, 4) is 39.7 Å². The second-order valence-electron chi connectivity index (χ2n) is 8.95. The number of unbranched alkanes of at least 4 members (excludes halogenated alkanes) is 3. The Morgan fingerprint density at radius 2 is 1.73 bits per heavy atom. The van der Waals surface area contributed by atoms with Crippen LogP contribution in [-0.2, 0) is 4.79 Å². The molecule has 4 N–H and O–H groups in total. The van der Waals surface area contributed by atoms with Crippen LogP contribution in [-0.4, -0.2) is 26.3 Å². The first kappa shape index (κ1) is 28.0. The maximum atomic E-state index is 11.4. The van der Waals surface area contributed by atoms with Gasteiger partial charge in [-0.25, -0.2) is 0 Å². The molecule has 1 unspecified atom stereocenters. The van der Waals surface area contributed by atoms with E-state index < -0.39 is 0 Å². The number of hydrogen-bond acceptors (Lipinski definition) is 7. The second kappa shape index (κ2) is 13.1. The lowest BCUT2D eigenvalue weighted by Crippen LogP contribution is -2.12. The molecule has 2 aromatic carbocycles. The van der Waals surface area contributed by atoms with Crippen LogP contribution in [0.2, 0.25) is 0 Å². The summed E-state index contributed by atoms with van der Waals surface area (Å²) in [6, 6.07) is 9.51. The Hall–Kier alpha value is -3.57. The van der Waals surface area contributed by atoms with E-state index in [0.717, 1.165) is 43.4 Å². The van der Waals surface area contributed by atoms with Crippen molar-refractivity contribution in [3.63, 3.8) is 0 Å². The number of benzene rings is 2. The van der Waals surface area contributed by atoms with Crippen LogP contribution in [0.25, 0.3) is 28.1 Å². The SMILES string of the molecule is C=C(CCCCCCC(=O)CC)N/C(=C\C)c1noc(-c2cc(P)c(O)cc2O)c1-c1ccc(O)cc1. The number of carbonyl (C=O) groups excluding carboxylic acids is 1. The molecule has 0 aliphatic heterocycles. The van der Waals surface area contributed by atoms with E-state index in [0.29, 0.717) is 52.2 Å². The molecule has 0 spiro atoms. The highest BCUT2D eigenvalue weighted by atomic mass is 31.0. The van der Waals surface area contributed by atoms with Gasteiger partial charge in [-0.15, -0.1) is 9.24 Å². The van der Waals surface area contributed by atoms with Gasteiger partial charge in [0.15, 0.2) is 5.76 Å². The van der Waals surface area contributed by atoms with E-state index in [1.165, 1.54) is 6.07 Å². The molecule has 7 nitrogen and oxygen atoms in total. The van der Waals surface area contributed by atoms with E-state index >= 15 is 0 Å². The van der Waals surface area contributed by atoms with Gasteiger partial charge in [0.25, 0.3) is 0 Å². The molecule has 0 saturated carbocycles. The largest absolute Gasteiger partial charge is 0.508 e. The zero-order chi connectivity index (χ0) is 26.9. The minimum atomic E-state index is -0.147. The van der Waals surface area contributed by atoms with E-state index in [1.807, 2.05) is 19.9 Å². The molecule has 1 heterocycles. The number of phenols is 3. The van der Waals surface area contributed by atoms with Crippen molar-refractivity contribution >= 4 is 26.0 Å². The van der Waals surface area contributed by atoms with Crippen molar-refractivity contribution in [3.05, 3.63) is 60.4 Å². The van der Waals surface area contributed by atoms with Gasteiger partial charge in [-0.3, -0.25) is 4.79 Å². The summed E-state index contributed by atoms with van der Waals surface area (Å²) in [5, 5.41) is 38.6. The normalized spacial score (nSPS) is 11.5. The van der Waals surface area contributed by atoms with Gasteiger partial charge >= 0.3 is 0 Å². The lowest BCUT2D eigenvalue weighted by molar-refractivity contribution is -0.118. The summed E-state index contributed by atoms with van der Waals surface area (Å²) in [5.41, 5.74) is 3.79. The Morgan fingerprint density at radius 3 is 2.38 bits per heavy atom. The number of nitrogens with one attached hydrogen (secondary N) is 1. The first-order chi connectivity index (χ1) is 17.7. The van der Waals surface area contributed by atoms with E-state index in [4.69, 9.17) is 4.52 Å². The Balaban J connectivity index is 1.83. The Morgan fingerprint density at radius 1 is 1.05 bits per heavy atom. The highest BCUT2D eigenvalue weighted by Gasteiger charge is 2.25. The average Bonchev–Trinajstić information content (AvgIpc) is 3.31. The molecule has 1 atom stereocenters. The molecule has 0 saturated heterocycles. The van der Waals surface area contributed by atoms with E-state index in [9.17, 15) is 20.1 Å². The molecular formula is C29H35N2O5P. The zero-order valence-corrected chi connectivity index (χ0v) is 22.5. The van der Waals surface area contributed by atoms with E-state index in [-0.39, 0.29) is 17.2 Å². The van der Waals surface area contributed by atoms with E-state index in [1.54, 1.807) is 30.3 Å². The van der Waals surface area contributed by atoms with Crippen molar-refractivity contribution in [1.29, 1.82) is 0 Å². The summed E-state index contributed by atoms with van der Waals surface area (Å²) in [7, 11) is 2.43. The molecule has 0 aliphatic carbocycles. The van der Waals surface area contributed by atoms with Crippen LogP contribution in [0.5, 0.6) is 17.2 Å². The van der Waals surface area contributed by atoms with Crippen molar-refractivity contribution in [2.45, 2.75) is 58.8 Å². The fourth-order valence-electron chi connectivity index (χ4n) is 4.04. The van der Waals surface area contributed by atoms with Crippen LogP contribution < -0.4 is 10.6 Å². The smallest absolute Gasteiger partial charge is 0.179 e. The van der Waals surface area contributed by atoms with Crippen molar-refractivity contribution < 1.29 is 24.6 Å². The number of aromatic hydroxyl groups is 3. The molecule has 0 aliphatic rings. The predicted molar refractivity (Wildman–Crippen MR) is 151 cm³/mol. The summed E-state index contributed by atoms with van der Waals surface area (Å²) >= 11 is 0. The number of carbonyl (C=O) groups is 1. The third-order valence-electron chi connectivity index (χ3n) is 6.17. The van der Waals surface area contributed by atoms with Gasteiger partial charge < -0.3 is 25.2 Å². The number of rotatable bonds is 13. The van der Waals surface area contributed by atoms with Crippen LogP contribution in [0.1, 0.15) is 64.5 Å². The maximum Gasteiger partial charge on any atom is 0.179 e. The van der Waals surface area contributed by atoms with Crippen molar-refractivity contribution in [2.24, 2.45) is 0 Å². The molecule has 0 radical (unpaired) electrons. The Bertz CT molecular complexity index is 1280. The minimum absolute atomic E-state index is 0.0544. The number of aromatic nitrogens is 1. The summed E-state index contributed by atoms with van der Waals surface area (Å²) in [4.78, 5) is 11.4. The number of allylic oxidation sites excluding steroid dienone is 2. The average molecular weight is 523 g/mol. The van der Waals surface area contributed by atoms with Gasteiger partial charge in [-0.2, -0.15) is 0 Å². The first-order valence-electron chi connectivity index (χ1n) is 12.5. The Labute approximate surface area is 220 Å². The van der Waals surface area contributed by atoms with E-state index in [2.05, 4.69) is 26.3 Å². The van der Waals surface area contributed by atoms with Gasteiger partial charge in [0.2, 0.25) is 0 Å². The van der Waals surface area contributed by atoms with Gasteiger partial charge in [0, 0.05) is 29.9 Å². The fourth-order valence-corrected chi connectivity index (χ4v) is 4.29. The van der Waals surface area contributed by atoms with Gasteiger partial charge in [-0.1, -0.05) is 49.7 Å². The van der Waals surface area contributed by atoms with Crippen molar-refractivity contribution in [1.82, 2.24) is 10.5 Å². The lowest BCUT2D eigenvalue weighted by Gasteiger charge is -2.13. The molecule has 0 bridgehead atoms. The standard InChI is InChI=1S/C29H35N2O5P/c1-4-20(32)11-9-7-6-8-10-18(3)30-23(5-2)28-27(19-12-14-21(33)15-13-19)29(36-31-28)22-16-26(37)25(35)17-24(22)34/h5,12-17,30,33-35H,3-4,6-11,37H2,1-2H3/b23-5-. The van der Waals surface area contributed by atoms with Crippen LogP contribution in [0.15, 0.2) is 59.3 Å². The molecular weight excluding hydrogens is 487 g/mol. The third-order valence-corrected chi connectivity index (χ3v) is 6.63. The second-order valence-corrected chi connectivity index (χ2v) is 9.57. The number of Topliss-reactive ketones (excluding diaryl/α,β-unsaturated/α-hetero) is 1. The van der Waals surface area contributed by atoms with Crippen LogP contribution >= 0.6 is 9.24 Å². The quantitative estimate of drug-likeness (QED) is 0.151.